The van der Waals surface area contributed by atoms with Crippen LogP contribution < -0.4 is 25.5 Å². The molecule has 0 aliphatic carbocycles. The van der Waals surface area contributed by atoms with Crippen LogP contribution in [0.5, 0.6) is 11.5 Å². The molecule has 3 aromatic rings. The minimum atomic E-state index is -0.994. The monoisotopic (exact) mass is 624 g/mol. The number of hydrazone groups is 1. The van der Waals surface area contributed by atoms with Gasteiger partial charge in [-0.1, -0.05) is 12.1 Å². The highest BCUT2D eigenvalue weighted by Gasteiger charge is 2.21. The van der Waals surface area contributed by atoms with Gasteiger partial charge in [0.2, 0.25) is 5.91 Å². The van der Waals surface area contributed by atoms with Gasteiger partial charge in [-0.05, 0) is 89.9 Å². The third-order valence-electron chi connectivity index (χ3n) is 5.53. The molecule has 214 valence electrons. The van der Waals surface area contributed by atoms with E-state index in [9.17, 15) is 19.2 Å². The van der Waals surface area contributed by atoms with Crippen molar-refractivity contribution in [2.24, 2.45) is 11.0 Å². The van der Waals surface area contributed by atoms with Gasteiger partial charge in [0.25, 0.3) is 11.8 Å². The Kier molecular flexibility index (Phi) is 11.4. The molecule has 3 aromatic carbocycles. The molecule has 0 spiro atoms. The number of benzene rings is 3. The predicted octanol–water partition coefficient (Wildman–Crippen LogP) is 4.38. The van der Waals surface area contributed by atoms with E-state index in [1.165, 1.54) is 20.2 Å². The summed E-state index contributed by atoms with van der Waals surface area (Å²) in [4.78, 5) is 48.9. The lowest BCUT2D eigenvalue weighted by Crippen LogP contribution is -2.34. The lowest BCUT2D eigenvalue weighted by Gasteiger charge is -2.12. The second kappa shape index (κ2) is 15.2. The SMILES string of the molecule is CCOC(=O)c1ccc(NC(=O)COc2ccc(C=NNC(=O)C(C)C(=O)Nc3ccccc3Br)cc2OC)cc1. The first kappa shape index (κ1) is 30.8. The molecule has 0 aliphatic rings. The summed E-state index contributed by atoms with van der Waals surface area (Å²) in [7, 11) is 1.45. The second-order valence-electron chi connectivity index (χ2n) is 8.47. The summed E-state index contributed by atoms with van der Waals surface area (Å²) in [5.41, 5.74) is 4.35. The van der Waals surface area contributed by atoms with E-state index in [0.717, 1.165) is 0 Å². The minimum absolute atomic E-state index is 0.274. The molecule has 3 N–H and O–H groups in total. The molecule has 41 heavy (non-hydrogen) atoms. The Balaban J connectivity index is 1.50. The molecule has 0 aliphatic heterocycles. The number of amides is 3. The minimum Gasteiger partial charge on any atom is -0.493 e. The van der Waals surface area contributed by atoms with E-state index >= 15 is 0 Å². The number of para-hydroxylation sites is 1. The molecule has 0 saturated heterocycles. The van der Waals surface area contributed by atoms with Crippen LogP contribution in [0.4, 0.5) is 11.4 Å². The highest BCUT2D eigenvalue weighted by molar-refractivity contribution is 9.10. The first-order chi connectivity index (χ1) is 19.7. The number of carbonyl (C=O) groups is 4. The maximum atomic E-state index is 12.4. The molecule has 11 nitrogen and oxygen atoms in total. The smallest absolute Gasteiger partial charge is 0.338 e. The number of ether oxygens (including phenoxy) is 3. The zero-order valence-corrected chi connectivity index (χ0v) is 24.2. The van der Waals surface area contributed by atoms with Gasteiger partial charge in [0.05, 0.1) is 31.2 Å². The van der Waals surface area contributed by atoms with Gasteiger partial charge in [0.15, 0.2) is 18.1 Å². The lowest BCUT2D eigenvalue weighted by molar-refractivity contribution is -0.131. The summed E-state index contributed by atoms with van der Waals surface area (Å²) < 4.78 is 16.6. The Hall–Kier alpha value is -4.71. The highest BCUT2D eigenvalue weighted by atomic mass is 79.9. The quantitative estimate of drug-likeness (QED) is 0.117. The first-order valence-electron chi connectivity index (χ1n) is 12.5. The molecule has 0 bridgehead atoms. The van der Waals surface area contributed by atoms with Gasteiger partial charge in [-0.3, -0.25) is 14.4 Å². The van der Waals surface area contributed by atoms with Gasteiger partial charge in [0, 0.05) is 10.2 Å². The summed E-state index contributed by atoms with van der Waals surface area (Å²) in [6.45, 7) is 3.18. The number of nitrogens with one attached hydrogen (secondary N) is 3. The van der Waals surface area contributed by atoms with E-state index in [-0.39, 0.29) is 13.2 Å². The van der Waals surface area contributed by atoms with E-state index in [0.29, 0.717) is 38.5 Å². The Labute approximate surface area is 245 Å². The van der Waals surface area contributed by atoms with Crippen molar-refractivity contribution in [1.29, 1.82) is 0 Å². The normalized spacial score (nSPS) is 11.3. The number of nitrogens with zero attached hydrogens (tertiary/aromatic N) is 1. The molecule has 0 saturated carbocycles. The highest BCUT2D eigenvalue weighted by Crippen LogP contribution is 2.27. The van der Waals surface area contributed by atoms with Crippen LogP contribution in [0.3, 0.4) is 0 Å². The van der Waals surface area contributed by atoms with Crippen LogP contribution in [0.25, 0.3) is 0 Å². The fraction of sp³-hybridized carbons (Fsp3) is 0.207. The second-order valence-corrected chi connectivity index (χ2v) is 9.32. The van der Waals surface area contributed by atoms with Crippen molar-refractivity contribution in [3.63, 3.8) is 0 Å². The van der Waals surface area contributed by atoms with E-state index in [4.69, 9.17) is 14.2 Å². The first-order valence-corrected chi connectivity index (χ1v) is 13.3. The van der Waals surface area contributed by atoms with E-state index in [1.54, 1.807) is 67.6 Å². The van der Waals surface area contributed by atoms with Crippen LogP contribution in [0.2, 0.25) is 0 Å². The molecule has 0 fully saturated rings. The average molecular weight is 625 g/mol. The van der Waals surface area contributed by atoms with Crippen LogP contribution in [0.15, 0.2) is 76.3 Å². The van der Waals surface area contributed by atoms with Crippen molar-refractivity contribution < 1.29 is 33.4 Å². The van der Waals surface area contributed by atoms with Crippen LogP contribution in [-0.2, 0) is 19.1 Å². The van der Waals surface area contributed by atoms with Crippen LogP contribution >= 0.6 is 15.9 Å². The van der Waals surface area contributed by atoms with Gasteiger partial charge in [0.1, 0.15) is 5.92 Å². The number of methoxy groups -OCH3 is 1. The lowest BCUT2D eigenvalue weighted by atomic mass is 10.1. The Bertz CT molecular complexity index is 1430. The Morgan fingerprint density at radius 2 is 1.68 bits per heavy atom. The fourth-order valence-electron chi connectivity index (χ4n) is 3.32. The van der Waals surface area contributed by atoms with Gasteiger partial charge in [-0.2, -0.15) is 5.10 Å². The van der Waals surface area contributed by atoms with Gasteiger partial charge in [-0.25, -0.2) is 10.2 Å². The molecular formula is C29H29BrN4O7. The van der Waals surface area contributed by atoms with E-state index in [1.807, 2.05) is 6.07 Å². The number of rotatable bonds is 12. The summed E-state index contributed by atoms with van der Waals surface area (Å²) in [5, 5.41) is 9.29. The summed E-state index contributed by atoms with van der Waals surface area (Å²) >= 11 is 3.34. The van der Waals surface area contributed by atoms with Gasteiger partial charge >= 0.3 is 5.97 Å². The molecule has 1 unspecified atom stereocenters. The number of hydrogen-bond acceptors (Lipinski definition) is 8. The molecule has 12 heteroatoms. The molecule has 3 rings (SSSR count). The van der Waals surface area contributed by atoms with Crippen LogP contribution in [0, 0.1) is 5.92 Å². The van der Waals surface area contributed by atoms with Crippen molar-refractivity contribution in [2.75, 3.05) is 31.0 Å². The Morgan fingerprint density at radius 3 is 2.37 bits per heavy atom. The van der Waals surface area contributed by atoms with E-state index in [2.05, 4.69) is 37.1 Å². The summed E-state index contributed by atoms with van der Waals surface area (Å²) in [6, 6.07) is 18.2. The maximum absolute atomic E-state index is 12.4. The Morgan fingerprint density at radius 1 is 0.951 bits per heavy atom. The average Bonchev–Trinajstić information content (AvgIpc) is 2.97. The predicted molar refractivity (Wildman–Crippen MR) is 157 cm³/mol. The van der Waals surface area contributed by atoms with Crippen LogP contribution in [-0.4, -0.2) is 50.2 Å². The third kappa shape index (κ3) is 9.17. The van der Waals surface area contributed by atoms with Crippen LogP contribution in [0.1, 0.15) is 29.8 Å². The topological polar surface area (TPSA) is 144 Å². The summed E-state index contributed by atoms with van der Waals surface area (Å²) in [6.07, 6.45) is 1.38. The van der Waals surface area contributed by atoms with Crippen molar-refractivity contribution in [3.8, 4) is 11.5 Å². The third-order valence-corrected chi connectivity index (χ3v) is 6.22. The van der Waals surface area contributed by atoms with Crippen molar-refractivity contribution in [1.82, 2.24) is 5.43 Å². The molecule has 0 radical (unpaired) electrons. The van der Waals surface area contributed by atoms with Gasteiger partial charge < -0.3 is 24.8 Å². The number of hydrogen-bond donors (Lipinski definition) is 3. The fourth-order valence-corrected chi connectivity index (χ4v) is 3.70. The summed E-state index contributed by atoms with van der Waals surface area (Å²) in [5.74, 6) is -2.25. The molecular weight excluding hydrogens is 596 g/mol. The number of carbonyl (C=O) groups excluding carboxylic acids is 4. The van der Waals surface area contributed by atoms with Crippen molar-refractivity contribution in [2.45, 2.75) is 13.8 Å². The van der Waals surface area contributed by atoms with E-state index < -0.39 is 29.6 Å². The number of anilines is 2. The molecule has 0 heterocycles. The largest absolute Gasteiger partial charge is 0.493 e. The standard InChI is InChI=1S/C29H29BrN4O7/c1-4-40-29(38)20-10-12-21(13-11-20)32-26(35)17-41-24-14-9-19(15-25(24)39-3)16-31-34-28(37)18(2)27(36)33-23-8-6-5-7-22(23)30/h5-16,18H,4,17H2,1-3H3,(H,32,35)(H,33,36)(H,34,37). The zero-order chi connectivity index (χ0) is 29.8. The van der Waals surface area contributed by atoms with Crippen molar-refractivity contribution in [3.05, 3.63) is 82.3 Å². The molecule has 3 amide bonds. The zero-order valence-electron chi connectivity index (χ0n) is 22.6. The molecule has 1 atom stereocenters. The maximum Gasteiger partial charge on any atom is 0.338 e. The number of halogens is 1. The van der Waals surface area contributed by atoms with Crippen molar-refractivity contribution >= 4 is 57.2 Å². The number of esters is 1. The van der Waals surface area contributed by atoms with Gasteiger partial charge in [-0.15, -0.1) is 0 Å². The molecule has 0 aromatic heterocycles.